The van der Waals surface area contributed by atoms with E-state index in [0.717, 1.165) is 12.1 Å². The molecule has 0 saturated carbocycles. The van der Waals surface area contributed by atoms with Crippen LogP contribution < -0.4 is 4.74 Å². The lowest BCUT2D eigenvalue weighted by molar-refractivity contribution is 0.148. The maximum Gasteiger partial charge on any atom is 0.267 e. The Morgan fingerprint density at radius 2 is 2.00 bits per heavy atom. The normalized spacial score (nSPS) is 12.6. The topological polar surface area (TPSA) is 45.1 Å². The van der Waals surface area contributed by atoms with Gasteiger partial charge in [0, 0.05) is 13.6 Å². The van der Waals surface area contributed by atoms with Crippen LogP contribution in [-0.4, -0.2) is 29.9 Å². The molecule has 0 aliphatic heterocycles. The third-order valence-corrected chi connectivity index (χ3v) is 4.02. The van der Waals surface area contributed by atoms with Gasteiger partial charge in [-0.1, -0.05) is 12.1 Å². The van der Waals surface area contributed by atoms with Gasteiger partial charge in [0.1, 0.15) is 11.5 Å². The highest BCUT2D eigenvalue weighted by atomic mass is 19.3. The fourth-order valence-corrected chi connectivity index (χ4v) is 2.29. The average molecular weight is 362 g/mol. The number of hydrogen-bond acceptors (Lipinski definition) is 3. The summed E-state index contributed by atoms with van der Waals surface area (Å²) in [5.41, 5.74) is 1.65. The molecule has 0 bridgehead atoms. The number of aliphatic hydroxyl groups is 1. The Balaban J connectivity index is 2.38. The van der Waals surface area contributed by atoms with Crippen molar-refractivity contribution < 1.29 is 18.6 Å². The Labute approximate surface area is 152 Å². The van der Waals surface area contributed by atoms with E-state index < -0.39 is 12.5 Å². The lowest BCUT2D eigenvalue weighted by atomic mass is 10.1. The van der Waals surface area contributed by atoms with E-state index in [1.54, 1.807) is 50.5 Å². The van der Waals surface area contributed by atoms with E-state index in [1.165, 1.54) is 6.07 Å². The lowest BCUT2D eigenvalue weighted by Crippen LogP contribution is -2.14. The van der Waals surface area contributed by atoms with Crippen molar-refractivity contribution in [2.24, 2.45) is 4.99 Å². The number of nitrogens with zero attached hydrogens (tertiary/aromatic N) is 2. The van der Waals surface area contributed by atoms with Gasteiger partial charge in [-0.05, 0) is 56.2 Å². The summed E-state index contributed by atoms with van der Waals surface area (Å²) in [4.78, 5) is 6.14. The molecule has 0 aliphatic rings. The molecule has 1 atom stereocenters. The summed E-state index contributed by atoms with van der Waals surface area (Å²) < 4.78 is 32.8. The molecule has 1 unspecified atom stereocenters. The van der Waals surface area contributed by atoms with Gasteiger partial charge < -0.3 is 14.7 Å². The molecule has 0 fully saturated rings. The maximum atomic E-state index is 13.5. The van der Waals surface area contributed by atoms with Crippen LogP contribution in [0.5, 0.6) is 11.5 Å². The monoisotopic (exact) mass is 362 g/mol. The quantitative estimate of drug-likeness (QED) is 0.530. The minimum atomic E-state index is -2.69. The molecule has 2 aromatic carbocycles. The molecule has 2 aromatic rings. The van der Waals surface area contributed by atoms with Gasteiger partial charge in [-0.15, -0.1) is 0 Å². The van der Waals surface area contributed by atoms with Crippen LogP contribution in [0.15, 0.2) is 41.4 Å². The molecule has 4 nitrogen and oxygen atoms in total. The predicted octanol–water partition coefficient (Wildman–Crippen LogP) is 5.39. The summed E-state index contributed by atoms with van der Waals surface area (Å²) in [7, 11) is 1.86. The first-order valence-corrected chi connectivity index (χ1v) is 8.44. The van der Waals surface area contributed by atoms with Crippen molar-refractivity contribution in [2.75, 3.05) is 13.6 Å². The van der Waals surface area contributed by atoms with Gasteiger partial charge in [0.2, 0.25) is 0 Å². The van der Waals surface area contributed by atoms with Gasteiger partial charge in [0.05, 0.1) is 23.7 Å². The zero-order valence-electron chi connectivity index (χ0n) is 15.4. The summed E-state index contributed by atoms with van der Waals surface area (Å²) in [6.45, 7) is 6.17. The van der Waals surface area contributed by atoms with Crippen LogP contribution in [0, 0.1) is 6.92 Å². The molecule has 140 valence electrons. The second-order valence-corrected chi connectivity index (χ2v) is 6.15. The number of hydrogen-bond donors (Lipinski definition) is 1. The zero-order valence-corrected chi connectivity index (χ0v) is 15.4. The summed E-state index contributed by atoms with van der Waals surface area (Å²) in [5, 5.41) is 9.67. The first-order valence-electron chi connectivity index (χ1n) is 8.44. The number of alkyl halides is 2. The van der Waals surface area contributed by atoms with Crippen molar-refractivity contribution in [2.45, 2.75) is 33.3 Å². The van der Waals surface area contributed by atoms with Gasteiger partial charge in [-0.25, -0.2) is 13.8 Å². The second-order valence-electron chi connectivity index (χ2n) is 6.15. The minimum absolute atomic E-state index is 0.0861. The first kappa shape index (κ1) is 19.8. The Hall–Kier alpha value is -2.47. The van der Waals surface area contributed by atoms with E-state index >= 15 is 0 Å². The van der Waals surface area contributed by atoms with Crippen LogP contribution in [0.4, 0.5) is 14.5 Å². The largest absolute Gasteiger partial charge is 0.457 e. The number of benzene rings is 2. The van der Waals surface area contributed by atoms with Crippen LogP contribution in [0.3, 0.4) is 0 Å². The highest BCUT2D eigenvalue weighted by Gasteiger charge is 2.18. The van der Waals surface area contributed by atoms with Crippen LogP contribution in [0.25, 0.3) is 0 Å². The van der Waals surface area contributed by atoms with Crippen molar-refractivity contribution in [1.29, 1.82) is 0 Å². The van der Waals surface area contributed by atoms with Gasteiger partial charge in [0.15, 0.2) is 0 Å². The molecule has 0 radical (unpaired) electrons. The third kappa shape index (κ3) is 5.02. The molecule has 26 heavy (non-hydrogen) atoms. The molecular weight excluding hydrogens is 338 g/mol. The number of aryl methyl sites for hydroxylation is 1. The van der Waals surface area contributed by atoms with E-state index in [-0.39, 0.29) is 11.3 Å². The number of aliphatic hydroxyl groups excluding tert-OH is 1. The number of aliphatic imine (C=N–C) groups is 1. The Morgan fingerprint density at radius 3 is 2.62 bits per heavy atom. The average Bonchev–Trinajstić information content (AvgIpc) is 2.60. The molecule has 0 aromatic heterocycles. The van der Waals surface area contributed by atoms with E-state index in [1.807, 2.05) is 18.9 Å². The van der Waals surface area contributed by atoms with Crippen molar-refractivity contribution in [3.63, 3.8) is 0 Å². The summed E-state index contributed by atoms with van der Waals surface area (Å²) in [6, 6.07) is 9.68. The standard InChI is InChI=1S/C20H24F2N2O2/c1-5-24(4)12-23-18-11-17(20(21)22)19(9-13(18)2)26-16-8-6-7-15(10-16)14(3)25/h6-12,14,20,25H,5H2,1-4H3/b23-12+. The number of rotatable bonds is 7. The highest BCUT2D eigenvalue weighted by molar-refractivity contribution is 5.65. The summed E-state index contributed by atoms with van der Waals surface area (Å²) in [5.74, 6) is 0.481. The lowest BCUT2D eigenvalue weighted by Gasteiger charge is -2.15. The van der Waals surface area contributed by atoms with E-state index in [4.69, 9.17) is 4.74 Å². The second kappa shape index (κ2) is 8.76. The third-order valence-electron chi connectivity index (χ3n) is 4.02. The number of halogens is 2. The SMILES string of the molecule is CCN(C)/C=N/c1cc(C(F)F)c(Oc2cccc(C(C)O)c2)cc1C. The molecule has 0 saturated heterocycles. The first-order chi connectivity index (χ1) is 12.3. The predicted molar refractivity (Wildman–Crippen MR) is 99.7 cm³/mol. The minimum Gasteiger partial charge on any atom is -0.457 e. The maximum absolute atomic E-state index is 13.5. The smallest absolute Gasteiger partial charge is 0.267 e. The van der Waals surface area contributed by atoms with Crippen molar-refractivity contribution >= 4 is 12.0 Å². The molecule has 1 N–H and O–H groups in total. The molecular formula is C20H24F2N2O2. The Bertz CT molecular complexity index is 776. The Kier molecular flexibility index (Phi) is 6.69. The van der Waals surface area contributed by atoms with Crippen LogP contribution in [0.1, 0.15) is 43.1 Å². The fraction of sp³-hybridized carbons (Fsp3) is 0.350. The molecule has 2 rings (SSSR count). The van der Waals surface area contributed by atoms with Crippen molar-refractivity contribution in [1.82, 2.24) is 4.90 Å². The van der Waals surface area contributed by atoms with E-state index in [9.17, 15) is 13.9 Å². The van der Waals surface area contributed by atoms with E-state index in [0.29, 0.717) is 17.0 Å². The summed E-state index contributed by atoms with van der Waals surface area (Å²) in [6.07, 6.45) is -1.74. The van der Waals surface area contributed by atoms with Crippen LogP contribution >= 0.6 is 0 Å². The van der Waals surface area contributed by atoms with Crippen LogP contribution in [-0.2, 0) is 0 Å². The molecule has 0 amide bonds. The molecule has 0 spiro atoms. The van der Waals surface area contributed by atoms with E-state index in [2.05, 4.69) is 4.99 Å². The Morgan fingerprint density at radius 1 is 1.27 bits per heavy atom. The fourth-order valence-electron chi connectivity index (χ4n) is 2.29. The van der Waals surface area contributed by atoms with Gasteiger partial charge in [-0.3, -0.25) is 0 Å². The molecule has 0 aliphatic carbocycles. The van der Waals surface area contributed by atoms with Gasteiger partial charge in [-0.2, -0.15) is 0 Å². The zero-order chi connectivity index (χ0) is 19.3. The molecule has 6 heteroatoms. The van der Waals surface area contributed by atoms with Gasteiger partial charge >= 0.3 is 0 Å². The molecule has 0 heterocycles. The summed E-state index contributed by atoms with van der Waals surface area (Å²) >= 11 is 0. The van der Waals surface area contributed by atoms with Gasteiger partial charge in [0.25, 0.3) is 6.43 Å². The van der Waals surface area contributed by atoms with Crippen LogP contribution in [0.2, 0.25) is 0 Å². The number of ether oxygens (including phenoxy) is 1. The van der Waals surface area contributed by atoms with Crippen molar-refractivity contribution in [3.05, 3.63) is 53.1 Å². The highest BCUT2D eigenvalue weighted by Crippen LogP contribution is 2.37. The van der Waals surface area contributed by atoms with Crippen molar-refractivity contribution in [3.8, 4) is 11.5 Å².